The Morgan fingerprint density at radius 1 is 1.29 bits per heavy atom. The second kappa shape index (κ2) is 8.26. The zero-order chi connectivity index (χ0) is 15.9. The van der Waals surface area contributed by atoms with Crippen molar-refractivity contribution < 1.29 is 22.5 Å². The first-order chi connectivity index (χ1) is 9.85. The number of hydrogen-bond acceptors (Lipinski definition) is 4. The number of benzene rings is 1. The Morgan fingerprint density at radius 3 is 2.43 bits per heavy atom. The van der Waals surface area contributed by atoms with E-state index in [0.29, 0.717) is 12.2 Å². The Kier molecular flexibility index (Phi) is 7.00. The van der Waals surface area contributed by atoms with Crippen LogP contribution in [0.3, 0.4) is 0 Å². The Labute approximate surface area is 127 Å². The summed E-state index contributed by atoms with van der Waals surface area (Å²) in [4.78, 5) is 10.6. The number of hydrogen-bond donors (Lipinski definition) is 2. The Morgan fingerprint density at radius 2 is 1.90 bits per heavy atom. The molecule has 6 nitrogen and oxygen atoms in total. The molecule has 1 atom stereocenters. The molecule has 0 radical (unpaired) electrons. The lowest BCUT2D eigenvalue weighted by atomic mass is 10.1. The fraction of sp³-hybridized carbons (Fsp3) is 0.462. The van der Waals surface area contributed by atoms with E-state index in [1.807, 2.05) is 0 Å². The summed E-state index contributed by atoms with van der Waals surface area (Å²) in [5.74, 6) is -0.107. The van der Waals surface area contributed by atoms with Gasteiger partial charge in [0.2, 0.25) is 10.0 Å². The molecular weight excluding hydrogens is 314 g/mol. The van der Waals surface area contributed by atoms with E-state index in [9.17, 15) is 17.4 Å². The first-order valence-corrected chi connectivity index (χ1v) is 9.47. The molecule has 0 bridgehead atoms. The highest BCUT2D eigenvalue weighted by Crippen LogP contribution is 2.11. The lowest BCUT2D eigenvalue weighted by molar-refractivity contribution is -0.136. The van der Waals surface area contributed by atoms with E-state index in [1.54, 1.807) is 19.1 Å². The van der Waals surface area contributed by atoms with E-state index >= 15 is 0 Å². The third kappa shape index (κ3) is 6.36. The highest BCUT2D eigenvalue weighted by molar-refractivity contribution is 7.89. The van der Waals surface area contributed by atoms with Gasteiger partial charge < -0.3 is 5.11 Å². The lowest BCUT2D eigenvalue weighted by Crippen LogP contribution is -2.28. The zero-order valence-electron chi connectivity index (χ0n) is 11.7. The third-order valence-electron chi connectivity index (χ3n) is 2.80. The van der Waals surface area contributed by atoms with Crippen LogP contribution in [0.25, 0.3) is 0 Å². The molecule has 0 spiro atoms. The molecule has 8 heteroatoms. The molecular formula is C13H19NO5S2. The van der Waals surface area contributed by atoms with E-state index < -0.39 is 26.8 Å². The Balaban J connectivity index is 2.62. The topological polar surface area (TPSA) is 101 Å². The zero-order valence-corrected chi connectivity index (χ0v) is 13.4. The fourth-order valence-electron chi connectivity index (χ4n) is 1.60. The molecule has 1 rings (SSSR count). The first kappa shape index (κ1) is 17.8. The van der Waals surface area contributed by atoms with E-state index in [4.69, 9.17) is 5.11 Å². The predicted octanol–water partition coefficient (Wildman–Crippen LogP) is 0.751. The molecule has 0 saturated carbocycles. The summed E-state index contributed by atoms with van der Waals surface area (Å²) in [6.07, 6.45) is 0.367. The van der Waals surface area contributed by atoms with Crippen molar-refractivity contribution in [3.05, 3.63) is 29.8 Å². The normalized spacial score (nSPS) is 13.0. The van der Waals surface area contributed by atoms with Crippen LogP contribution in [-0.2, 0) is 32.0 Å². The maximum atomic E-state index is 12.0. The minimum atomic E-state index is -3.61. The van der Waals surface area contributed by atoms with Gasteiger partial charge in [0, 0.05) is 35.3 Å². The summed E-state index contributed by atoms with van der Waals surface area (Å²) < 4.78 is 37.6. The summed E-state index contributed by atoms with van der Waals surface area (Å²) in [6.45, 7) is 1.91. The molecule has 1 aromatic carbocycles. The van der Waals surface area contributed by atoms with Crippen molar-refractivity contribution in [2.45, 2.75) is 24.7 Å². The SMILES string of the molecule is CCS(=O)CCNS(=O)(=O)c1ccc(CCC(=O)O)cc1. The number of carbonyl (C=O) groups is 1. The van der Waals surface area contributed by atoms with Gasteiger partial charge in [0.05, 0.1) is 4.90 Å². The van der Waals surface area contributed by atoms with Crippen LogP contribution in [0.5, 0.6) is 0 Å². The highest BCUT2D eigenvalue weighted by atomic mass is 32.2. The van der Waals surface area contributed by atoms with Crippen LogP contribution in [0.2, 0.25) is 0 Å². The molecule has 0 fully saturated rings. The second-order valence-corrected chi connectivity index (χ2v) is 8.00. The van der Waals surface area contributed by atoms with Crippen molar-refractivity contribution in [1.29, 1.82) is 0 Å². The second-order valence-electron chi connectivity index (χ2n) is 4.37. The van der Waals surface area contributed by atoms with Crippen molar-refractivity contribution in [1.82, 2.24) is 4.72 Å². The maximum absolute atomic E-state index is 12.0. The molecule has 0 aliphatic heterocycles. The van der Waals surface area contributed by atoms with Crippen LogP contribution in [0, 0.1) is 0 Å². The largest absolute Gasteiger partial charge is 0.481 e. The molecule has 0 aliphatic carbocycles. The molecule has 21 heavy (non-hydrogen) atoms. The van der Waals surface area contributed by atoms with Crippen LogP contribution >= 0.6 is 0 Å². The predicted molar refractivity (Wildman–Crippen MR) is 81.1 cm³/mol. The lowest BCUT2D eigenvalue weighted by Gasteiger charge is -2.07. The smallest absolute Gasteiger partial charge is 0.303 e. The van der Waals surface area contributed by atoms with Crippen LogP contribution in [-0.4, -0.2) is 41.8 Å². The summed E-state index contributed by atoms with van der Waals surface area (Å²) in [7, 11) is -4.62. The average Bonchev–Trinajstić information content (AvgIpc) is 2.45. The van der Waals surface area contributed by atoms with E-state index in [0.717, 1.165) is 5.56 Å². The van der Waals surface area contributed by atoms with E-state index in [1.165, 1.54) is 12.1 Å². The van der Waals surface area contributed by atoms with Gasteiger partial charge in [0.25, 0.3) is 0 Å². The third-order valence-corrected chi connectivity index (χ3v) is 5.59. The van der Waals surface area contributed by atoms with Crippen LogP contribution in [0.15, 0.2) is 29.2 Å². The number of nitrogens with one attached hydrogen (secondary N) is 1. The molecule has 0 saturated heterocycles. The summed E-state index contributed by atoms with van der Waals surface area (Å²) in [5, 5.41) is 8.59. The molecule has 1 unspecified atom stereocenters. The number of carboxylic acids is 1. The van der Waals surface area contributed by atoms with Gasteiger partial charge in [0.1, 0.15) is 0 Å². The number of carboxylic acid groups (broad SMARTS) is 1. The van der Waals surface area contributed by atoms with Crippen molar-refractivity contribution in [3.8, 4) is 0 Å². The summed E-state index contributed by atoms with van der Waals surface area (Å²) in [6, 6.07) is 6.08. The van der Waals surface area contributed by atoms with Gasteiger partial charge in [0.15, 0.2) is 0 Å². The number of rotatable bonds is 9. The maximum Gasteiger partial charge on any atom is 0.303 e. The van der Waals surface area contributed by atoms with Crippen LogP contribution in [0.1, 0.15) is 18.9 Å². The monoisotopic (exact) mass is 333 g/mol. The van der Waals surface area contributed by atoms with Crippen LogP contribution in [0.4, 0.5) is 0 Å². The molecule has 0 aliphatic rings. The molecule has 118 valence electrons. The number of sulfonamides is 1. The van der Waals surface area contributed by atoms with Gasteiger partial charge in [-0.25, -0.2) is 13.1 Å². The van der Waals surface area contributed by atoms with Gasteiger partial charge in [-0.2, -0.15) is 0 Å². The fourth-order valence-corrected chi connectivity index (χ4v) is 3.38. The van der Waals surface area contributed by atoms with Crippen molar-refractivity contribution in [2.75, 3.05) is 18.1 Å². The molecule has 2 N–H and O–H groups in total. The molecule has 0 amide bonds. The van der Waals surface area contributed by atoms with E-state index in [2.05, 4.69) is 4.72 Å². The quantitative estimate of drug-likeness (QED) is 0.694. The van der Waals surface area contributed by atoms with Crippen molar-refractivity contribution in [3.63, 3.8) is 0 Å². The first-order valence-electron chi connectivity index (χ1n) is 6.50. The van der Waals surface area contributed by atoms with Crippen molar-refractivity contribution in [2.24, 2.45) is 0 Å². The van der Waals surface area contributed by atoms with Gasteiger partial charge >= 0.3 is 5.97 Å². The highest BCUT2D eigenvalue weighted by Gasteiger charge is 2.13. The van der Waals surface area contributed by atoms with E-state index in [-0.39, 0.29) is 23.6 Å². The van der Waals surface area contributed by atoms with Gasteiger partial charge in [-0.3, -0.25) is 9.00 Å². The van der Waals surface area contributed by atoms with Crippen molar-refractivity contribution >= 4 is 26.8 Å². The van der Waals surface area contributed by atoms with Gasteiger partial charge in [-0.1, -0.05) is 19.1 Å². The average molecular weight is 333 g/mol. The summed E-state index contributed by atoms with van der Waals surface area (Å²) in [5.41, 5.74) is 0.767. The van der Waals surface area contributed by atoms with Gasteiger partial charge in [-0.05, 0) is 24.1 Å². The molecule has 0 aromatic heterocycles. The molecule has 0 heterocycles. The summed E-state index contributed by atoms with van der Waals surface area (Å²) >= 11 is 0. The van der Waals surface area contributed by atoms with Gasteiger partial charge in [-0.15, -0.1) is 0 Å². The Bertz CT molecular complexity index is 595. The standard InChI is InChI=1S/C13H19NO5S2/c1-2-20(17)10-9-14-21(18,19)12-6-3-11(4-7-12)5-8-13(15)16/h3-4,6-7,14H,2,5,8-10H2,1H3,(H,15,16). The number of aliphatic carboxylic acids is 1. The molecule has 1 aromatic rings. The minimum Gasteiger partial charge on any atom is -0.481 e. The number of aryl methyl sites for hydroxylation is 1. The van der Waals surface area contributed by atoms with Crippen LogP contribution < -0.4 is 4.72 Å². The minimum absolute atomic E-state index is 0.00712. The Hall–Kier alpha value is -1.25.